The Labute approximate surface area is 94.5 Å². The van der Waals surface area contributed by atoms with Crippen LogP contribution < -0.4 is 9.86 Å². The molecule has 0 aliphatic rings. The zero-order chi connectivity index (χ0) is 13.2. The molecule has 0 radical (unpaired) electrons. The van der Waals surface area contributed by atoms with Crippen molar-refractivity contribution in [2.75, 3.05) is 4.72 Å². The summed E-state index contributed by atoms with van der Waals surface area (Å²) in [5.41, 5.74) is -1.80. The third-order valence-electron chi connectivity index (χ3n) is 1.63. The number of nitro benzene ring substituents is 2. The fraction of sp³-hybridized carbons (Fsp3) is 0. The van der Waals surface area contributed by atoms with Crippen LogP contribution in [0.15, 0.2) is 18.2 Å². The minimum Gasteiger partial charge on any atom is -0.271 e. The summed E-state index contributed by atoms with van der Waals surface area (Å²) in [7, 11) is -4.10. The van der Waals surface area contributed by atoms with Crippen LogP contribution in [0.3, 0.4) is 0 Å². The van der Waals surface area contributed by atoms with E-state index in [1.807, 2.05) is 0 Å². The standard InChI is InChI=1S/C6H6N4O6S/c7-17(15,16)8-4-1-2-5(9(11)12)6(3-4)10(13)14/h1-3,8H,(H2,7,15,16). The second-order valence-corrected chi connectivity index (χ2v) is 4.16. The lowest BCUT2D eigenvalue weighted by Crippen LogP contribution is -2.21. The lowest BCUT2D eigenvalue weighted by molar-refractivity contribution is -0.422. The van der Waals surface area contributed by atoms with Crippen molar-refractivity contribution in [2.24, 2.45) is 5.14 Å². The lowest BCUT2D eigenvalue weighted by atomic mass is 10.2. The molecule has 0 saturated carbocycles. The number of anilines is 1. The second-order valence-electron chi connectivity index (χ2n) is 2.86. The Hall–Kier alpha value is -2.27. The first kappa shape index (κ1) is 12.8. The molecule has 3 N–H and O–H groups in total. The molecule has 0 aliphatic carbocycles. The minimum atomic E-state index is -4.10. The molecule has 0 spiro atoms. The maximum Gasteiger partial charge on any atom is 0.348 e. The molecule has 11 heteroatoms. The van der Waals surface area contributed by atoms with E-state index in [9.17, 15) is 28.6 Å². The molecule has 0 saturated heterocycles. The molecule has 0 atom stereocenters. The molecule has 0 heterocycles. The fourth-order valence-electron chi connectivity index (χ4n) is 1.05. The second kappa shape index (κ2) is 4.31. The van der Waals surface area contributed by atoms with Gasteiger partial charge in [0.1, 0.15) is 0 Å². The largest absolute Gasteiger partial charge is 0.348 e. The Bertz CT molecular complexity index is 582. The highest BCUT2D eigenvalue weighted by Gasteiger charge is 2.24. The van der Waals surface area contributed by atoms with Gasteiger partial charge in [-0.15, -0.1) is 0 Å². The number of hydrogen-bond donors (Lipinski definition) is 2. The molecule has 0 unspecified atom stereocenters. The predicted octanol–water partition coefficient (Wildman–Crippen LogP) is 0.118. The van der Waals surface area contributed by atoms with Crippen LogP contribution in [0, 0.1) is 20.2 Å². The first-order valence-electron chi connectivity index (χ1n) is 3.94. The summed E-state index contributed by atoms with van der Waals surface area (Å²) < 4.78 is 23.1. The zero-order valence-corrected chi connectivity index (χ0v) is 8.88. The van der Waals surface area contributed by atoms with E-state index in [0.29, 0.717) is 6.07 Å². The van der Waals surface area contributed by atoms with Crippen molar-refractivity contribution in [3.8, 4) is 0 Å². The molecular formula is C6H6N4O6S. The van der Waals surface area contributed by atoms with Gasteiger partial charge in [-0.05, 0) is 6.07 Å². The maximum atomic E-state index is 10.7. The molecule has 0 aliphatic heterocycles. The van der Waals surface area contributed by atoms with Crippen LogP contribution in [-0.2, 0) is 10.2 Å². The van der Waals surface area contributed by atoms with Gasteiger partial charge in [0, 0.05) is 12.1 Å². The van der Waals surface area contributed by atoms with Gasteiger partial charge in [0.25, 0.3) is 10.2 Å². The molecule has 1 aromatic carbocycles. The Morgan fingerprint density at radius 2 is 1.65 bits per heavy atom. The number of nitrogens with one attached hydrogen (secondary N) is 1. The van der Waals surface area contributed by atoms with E-state index in [2.05, 4.69) is 5.14 Å². The highest BCUT2D eigenvalue weighted by molar-refractivity contribution is 7.90. The highest BCUT2D eigenvalue weighted by atomic mass is 32.2. The van der Waals surface area contributed by atoms with E-state index in [1.165, 1.54) is 0 Å². The van der Waals surface area contributed by atoms with Crippen molar-refractivity contribution in [1.29, 1.82) is 0 Å². The van der Waals surface area contributed by atoms with Crippen LogP contribution >= 0.6 is 0 Å². The van der Waals surface area contributed by atoms with Crippen molar-refractivity contribution in [3.63, 3.8) is 0 Å². The quantitative estimate of drug-likeness (QED) is 0.578. The summed E-state index contributed by atoms with van der Waals surface area (Å²) in [6, 6.07) is 2.52. The number of nitrogens with two attached hydrogens (primary N) is 1. The normalized spacial score (nSPS) is 10.9. The Kier molecular flexibility index (Phi) is 3.24. The molecular weight excluding hydrogens is 256 g/mol. The lowest BCUT2D eigenvalue weighted by Gasteiger charge is -2.02. The van der Waals surface area contributed by atoms with Crippen molar-refractivity contribution >= 4 is 27.3 Å². The average molecular weight is 262 g/mol. The molecule has 92 valence electrons. The van der Waals surface area contributed by atoms with Crippen LogP contribution in [0.1, 0.15) is 0 Å². The number of nitro groups is 2. The first-order chi connectivity index (χ1) is 7.70. The van der Waals surface area contributed by atoms with Crippen LogP contribution in [0.4, 0.5) is 17.1 Å². The van der Waals surface area contributed by atoms with Crippen LogP contribution in [0.5, 0.6) is 0 Å². The summed E-state index contributed by atoms with van der Waals surface area (Å²) >= 11 is 0. The molecule has 17 heavy (non-hydrogen) atoms. The molecule has 10 nitrogen and oxygen atoms in total. The van der Waals surface area contributed by atoms with Gasteiger partial charge < -0.3 is 0 Å². The molecule has 0 amide bonds. The van der Waals surface area contributed by atoms with Crippen molar-refractivity contribution in [1.82, 2.24) is 0 Å². The van der Waals surface area contributed by atoms with Crippen LogP contribution in [-0.4, -0.2) is 18.3 Å². The summed E-state index contributed by atoms with van der Waals surface area (Å²) in [5, 5.41) is 25.6. The zero-order valence-electron chi connectivity index (χ0n) is 8.06. The Morgan fingerprint density at radius 3 is 2.06 bits per heavy atom. The van der Waals surface area contributed by atoms with E-state index in [-0.39, 0.29) is 5.69 Å². The topological polar surface area (TPSA) is 158 Å². The Morgan fingerprint density at radius 1 is 1.12 bits per heavy atom. The van der Waals surface area contributed by atoms with Crippen molar-refractivity contribution in [2.45, 2.75) is 0 Å². The minimum absolute atomic E-state index is 0.232. The first-order valence-corrected chi connectivity index (χ1v) is 5.49. The molecule has 0 aromatic heterocycles. The van der Waals surface area contributed by atoms with Crippen LogP contribution in [0.25, 0.3) is 0 Å². The monoisotopic (exact) mass is 262 g/mol. The maximum absolute atomic E-state index is 10.7. The molecule has 0 fully saturated rings. The van der Waals surface area contributed by atoms with Gasteiger partial charge in [-0.2, -0.15) is 8.42 Å². The molecule has 1 rings (SSSR count). The number of rotatable bonds is 4. The number of hydrogen-bond acceptors (Lipinski definition) is 6. The van der Waals surface area contributed by atoms with Gasteiger partial charge in [-0.3, -0.25) is 25.0 Å². The smallest absolute Gasteiger partial charge is 0.271 e. The highest BCUT2D eigenvalue weighted by Crippen LogP contribution is 2.29. The van der Waals surface area contributed by atoms with Crippen LogP contribution in [0.2, 0.25) is 0 Å². The van der Waals surface area contributed by atoms with Crippen molar-refractivity contribution < 1.29 is 18.3 Å². The van der Waals surface area contributed by atoms with E-state index in [1.54, 1.807) is 4.72 Å². The molecule has 0 bridgehead atoms. The number of benzene rings is 1. The third kappa shape index (κ3) is 3.35. The molecule has 1 aromatic rings. The van der Waals surface area contributed by atoms with Gasteiger partial charge >= 0.3 is 11.4 Å². The van der Waals surface area contributed by atoms with Crippen molar-refractivity contribution in [3.05, 3.63) is 38.4 Å². The predicted molar refractivity (Wildman–Crippen MR) is 56.5 cm³/mol. The van der Waals surface area contributed by atoms with E-state index < -0.39 is 31.4 Å². The van der Waals surface area contributed by atoms with E-state index in [0.717, 1.165) is 12.1 Å². The Balaban J connectivity index is 3.28. The van der Waals surface area contributed by atoms with Gasteiger partial charge in [-0.25, -0.2) is 5.14 Å². The van der Waals surface area contributed by atoms with Gasteiger partial charge in [0.05, 0.1) is 15.5 Å². The summed E-state index contributed by atoms with van der Waals surface area (Å²) in [5.74, 6) is 0. The van der Waals surface area contributed by atoms with Gasteiger partial charge in [-0.1, -0.05) is 0 Å². The summed E-state index contributed by atoms with van der Waals surface area (Å²) in [4.78, 5) is 19.1. The average Bonchev–Trinajstić information content (AvgIpc) is 2.14. The fourth-order valence-corrected chi connectivity index (χ4v) is 1.51. The van der Waals surface area contributed by atoms with Gasteiger partial charge in [0.2, 0.25) is 0 Å². The van der Waals surface area contributed by atoms with Gasteiger partial charge in [0.15, 0.2) is 0 Å². The summed E-state index contributed by atoms with van der Waals surface area (Å²) in [6.07, 6.45) is 0. The SMILES string of the molecule is NS(=O)(=O)Nc1ccc([N+](=O)[O-])c([N+](=O)[O-])c1. The number of nitrogens with zero attached hydrogens (tertiary/aromatic N) is 2. The summed E-state index contributed by atoms with van der Waals surface area (Å²) in [6.45, 7) is 0. The van der Waals surface area contributed by atoms with E-state index >= 15 is 0 Å². The third-order valence-corrected chi connectivity index (χ3v) is 2.15. The van der Waals surface area contributed by atoms with E-state index in [4.69, 9.17) is 0 Å².